The second-order valence-corrected chi connectivity index (χ2v) is 3.84. The maximum atomic E-state index is 11.8. The largest absolute Gasteiger partial charge is 0.239 e. The second-order valence-electron chi connectivity index (χ2n) is 2.67. The number of nitrogens with zero attached hydrogens (tertiary/aromatic N) is 1. The lowest BCUT2D eigenvalue weighted by Crippen LogP contribution is -1.91. The topological polar surface area (TPSA) is 23.8 Å². The average molecular weight is 213 g/mol. The molecule has 0 atom stereocenters. The summed E-state index contributed by atoms with van der Waals surface area (Å²) < 4.78 is 23.6. The molecule has 4 heteroatoms. The molecule has 1 aromatic rings. The van der Waals surface area contributed by atoms with Crippen molar-refractivity contribution in [2.45, 2.75) is 17.7 Å². The van der Waals surface area contributed by atoms with E-state index in [-0.39, 0.29) is 6.42 Å². The fourth-order valence-corrected chi connectivity index (χ4v) is 1.84. The van der Waals surface area contributed by atoms with Gasteiger partial charge >= 0.3 is 0 Å². The third-order valence-corrected chi connectivity index (χ3v) is 2.60. The van der Waals surface area contributed by atoms with Gasteiger partial charge in [-0.1, -0.05) is 6.07 Å². The summed E-state index contributed by atoms with van der Waals surface area (Å²) in [5, 5.41) is 8.60. The highest BCUT2D eigenvalue weighted by molar-refractivity contribution is 7.99. The molecule has 0 fully saturated rings. The van der Waals surface area contributed by atoms with Crippen molar-refractivity contribution in [2.75, 3.05) is 5.75 Å². The maximum Gasteiger partial charge on any atom is 0.239 e. The Hall–Kier alpha value is -1.08. The minimum Gasteiger partial charge on any atom is -0.211 e. The van der Waals surface area contributed by atoms with Crippen LogP contribution in [-0.4, -0.2) is 12.2 Å². The molecule has 1 rings (SSSR count). The van der Waals surface area contributed by atoms with Crippen LogP contribution in [0.1, 0.15) is 12.0 Å². The number of benzene rings is 1. The van der Waals surface area contributed by atoms with E-state index in [1.807, 2.05) is 12.1 Å². The lowest BCUT2D eigenvalue weighted by atomic mass is 10.2. The van der Waals surface area contributed by atoms with Crippen molar-refractivity contribution in [3.8, 4) is 6.07 Å². The Morgan fingerprint density at radius 2 is 2.21 bits per heavy atom. The monoisotopic (exact) mass is 213 g/mol. The molecule has 0 aliphatic rings. The first-order chi connectivity index (χ1) is 6.72. The van der Waals surface area contributed by atoms with Crippen LogP contribution in [0.5, 0.6) is 0 Å². The van der Waals surface area contributed by atoms with Crippen LogP contribution in [0.3, 0.4) is 0 Å². The third-order valence-electron chi connectivity index (χ3n) is 1.57. The van der Waals surface area contributed by atoms with Crippen LogP contribution >= 0.6 is 11.8 Å². The zero-order valence-electron chi connectivity index (χ0n) is 7.41. The molecule has 0 aromatic heterocycles. The molecule has 0 spiro atoms. The quantitative estimate of drug-likeness (QED) is 0.716. The normalized spacial score (nSPS) is 10.1. The highest BCUT2D eigenvalue weighted by atomic mass is 32.2. The Morgan fingerprint density at radius 1 is 1.43 bits per heavy atom. The number of hydrogen-bond acceptors (Lipinski definition) is 2. The van der Waals surface area contributed by atoms with Crippen molar-refractivity contribution in [3.05, 3.63) is 29.8 Å². The molecule has 0 saturated heterocycles. The number of thioether (sulfide) groups is 1. The summed E-state index contributed by atoms with van der Waals surface area (Å²) in [5.74, 6) is 0.381. The predicted octanol–water partition coefficient (Wildman–Crippen LogP) is 3.31. The molecular weight excluding hydrogens is 204 g/mol. The maximum absolute atomic E-state index is 11.8. The summed E-state index contributed by atoms with van der Waals surface area (Å²) in [6, 6.07) is 8.97. The van der Waals surface area contributed by atoms with Gasteiger partial charge in [0.1, 0.15) is 0 Å². The molecule has 0 aliphatic carbocycles. The van der Waals surface area contributed by atoms with Crippen molar-refractivity contribution in [1.82, 2.24) is 0 Å². The zero-order chi connectivity index (χ0) is 10.4. The highest BCUT2D eigenvalue weighted by Crippen LogP contribution is 2.20. The fourth-order valence-electron chi connectivity index (χ4n) is 0.921. The molecule has 0 heterocycles. The van der Waals surface area contributed by atoms with Crippen LogP contribution in [-0.2, 0) is 0 Å². The van der Waals surface area contributed by atoms with Gasteiger partial charge in [0.05, 0.1) is 11.6 Å². The van der Waals surface area contributed by atoms with E-state index in [0.29, 0.717) is 11.3 Å². The number of rotatable bonds is 4. The van der Waals surface area contributed by atoms with Crippen molar-refractivity contribution in [3.63, 3.8) is 0 Å². The summed E-state index contributed by atoms with van der Waals surface area (Å²) in [4.78, 5) is 0.865. The summed E-state index contributed by atoms with van der Waals surface area (Å²) in [6.07, 6.45) is -2.36. The molecule has 0 aliphatic heterocycles. The fraction of sp³-hybridized carbons (Fsp3) is 0.300. The van der Waals surface area contributed by atoms with Crippen LogP contribution in [0.25, 0.3) is 0 Å². The van der Waals surface area contributed by atoms with Gasteiger partial charge in [-0.05, 0) is 18.2 Å². The van der Waals surface area contributed by atoms with Gasteiger partial charge in [0.2, 0.25) is 6.43 Å². The van der Waals surface area contributed by atoms with Crippen LogP contribution in [0, 0.1) is 11.3 Å². The number of hydrogen-bond donors (Lipinski definition) is 0. The number of nitriles is 1. The van der Waals surface area contributed by atoms with Gasteiger partial charge in [-0.25, -0.2) is 8.78 Å². The van der Waals surface area contributed by atoms with Crippen LogP contribution in [0.2, 0.25) is 0 Å². The summed E-state index contributed by atoms with van der Waals surface area (Å²) in [6.45, 7) is 0. The van der Waals surface area contributed by atoms with Gasteiger partial charge in [0.15, 0.2) is 0 Å². The van der Waals surface area contributed by atoms with Gasteiger partial charge < -0.3 is 0 Å². The Morgan fingerprint density at radius 3 is 2.86 bits per heavy atom. The predicted molar refractivity (Wildman–Crippen MR) is 52.5 cm³/mol. The highest BCUT2D eigenvalue weighted by Gasteiger charge is 2.02. The Labute approximate surface area is 85.7 Å². The van der Waals surface area contributed by atoms with Crippen molar-refractivity contribution in [1.29, 1.82) is 5.26 Å². The van der Waals surface area contributed by atoms with E-state index >= 15 is 0 Å². The summed E-state index contributed by atoms with van der Waals surface area (Å²) in [7, 11) is 0. The molecule has 0 bridgehead atoms. The summed E-state index contributed by atoms with van der Waals surface area (Å²) in [5.41, 5.74) is 0.562. The first-order valence-corrected chi connectivity index (χ1v) is 5.12. The lowest BCUT2D eigenvalue weighted by Gasteiger charge is -2.00. The average Bonchev–Trinajstić information content (AvgIpc) is 2.18. The Balaban J connectivity index is 2.47. The molecule has 0 N–H and O–H groups in total. The van der Waals surface area contributed by atoms with Crippen LogP contribution in [0.15, 0.2) is 29.2 Å². The molecule has 14 heavy (non-hydrogen) atoms. The minimum atomic E-state index is -2.25. The van der Waals surface area contributed by atoms with Crippen molar-refractivity contribution >= 4 is 11.8 Å². The van der Waals surface area contributed by atoms with Gasteiger partial charge in [-0.2, -0.15) is 5.26 Å². The van der Waals surface area contributed by atoms with E-state index in [1.54, 1.807) is 18.2 Å². The molecule has 0 unspecified atom stereocenters. The van der Waals surface area contributed by atoms with Crippen molar-refractivity contribution in [2.24, 2.45) is 0 Å². The second kappa shape index (κ2) is 5.61. The minimum absolute atomic E-state index is 0.110. The smallest absolute Gasteiger partial charge is 0.211 e. The number of alkyl halides is 2. The standard InChI is InChI=1S/C10H9F2NS/c11-10(12)4-5-14-9-3-1-2-8(6-9)7-13/h1-3,6,10H,4-5H2. The van der Waals surface area contributed by atoms with E-state index < -0.39 is 6.43 Å². The van der Waals surface area contributed by atoms with E-state index in [9.17, 15) is 8.78 Å². The molecule has 74 valence electrons. The third kappa shape index (κ3) is 3.75. The zero-order valence-corrected chi connectivity index (χ0v) is 8.23. The van der Waals surface area contributed by atoms with Gasteiger partial charge in [0.25, 0.3) is 0 Å². The molecule has 1 aromatic carbocycles. The summed E-state index contributed by atoms with van der Waals surface area (Å²) >= 11 is 1.35. The molecule has 0 amide bonds. The molecular formula is C10H9F2NS. The van der Waals surface area contributed by atoms with E-state index in [4.69, 9.17) is 5.26 Å². The SMILES string of the molecule is N#Cc1cccc(SCCC(F)F)c1. The Kier molecular flexibility index (Phi) is 4.41. The van der Waals surface area contributed by atoms with Crippen LogP contribution in [0.4, 0.5) is 8.78 Å². The molecule has 0 radical (unpaired) electrons. The van der Waals surface area contributed by atoms with Gasteiger partial charge in [0, 0.05) is 17.1 Å². The Bertz CT molecular complexity index is 333. The molecule has 0 saturated carbocycles. The first-order valence-electron chi connectivity index (χ1n) is 4.13. The van der Waals surface area contributed by atoms with Gasteiger partial charge in [-0.3, -0.25) is 0 Å². The van der Waals surface area contributed by atoms with E-state index in [1.165, 1.54) is 11.8 Å². The number of halogens is 2. The first kappa shape index (κ1) is 11.0. The lowest BCUT2D eigenvalue weighted by molar-refractivity contribution is 0.145. The van der Waals surface area contributed by atoms with E-state index in [2.05, 4.69) is 0 Å². The van der Waals surface area contributed by atoms with Crippen LogP contribution < -0.4 is 0 Å². The van der Waals surface area contributed by atoms with E-state index in [0.717, 1.165) is 4.90 Å². The van der Waals surface area contributed by atoms with Crippen molar-refractivity contribution < 1.29 is 8.78 Å². The molecule has 1 nitrogen and oxygen atoms in total. The van der Waals surface area contributed by atoms with Gasteiger partial charge in [-0.15, -0.1) is 11.8 Å².